The van der Waals surface area contributed by atoms with E-state index in [0.717, 1.165) is 24.1 Å². The van der Waals surface area contributed by atoms with Crippen molar-refractivity contribution >= 4 is 17.7 Å². The largest absolute Gasteiger partial charge is 0.322 e. The van der Waals surface area contributed by atoms with Gasteiger partial charge in [-0.3, -0.25) is 19.7 Å². The fourth-order valence-corrected chi connectivity index (χ4v) is 4.39. The van der Waals surface area contributed by atoms with E-state index in [2.05, 4.69) is 28.1 Å². The molecule has 2 heterocycles. The molecule has 0 aliphatic carbocycles. The fraction of sp³-hybridized carbons (Fsp3) is 0.375. The molecular weight excluding hydrogens is 392 g/mol. The van der Waals surface area contributed by atoms with Crippen LogP contribution in [0.2, 0.25) is 0 Å². The van der Waals surface area contributed by atoms with Gasteiger partial charge in [-0.25, -0.2) is 0 Å². The average molecular weight is 421 g/mol. The fourth-order valence-electron chi connectivity index (χ4n) is 4.39. The van der Waals surface area contributed by atoms with E-state index in [9.17, 15) is 14.4 Å². The van der Waals surface area contributed by atoms with Crippen LogP contribution in [0.5, 0.6) is 0 Å². The summed E-state index contributed by atoms with van der Waals surface area (Å²) in [4.78, 5) is 38.5. The van der Waals surface area contributed by atoms with Crippen molar-refractivity contribution in [3.8, 4) is 0 Å². The molecule has 0 aromatic heterocycles. The van der Waals surface area contributed by atoms with Crippen molar-refractivity contribution < 1.29 is 14.4 Å². The first-order valence-electron chi connectivity index (χ1n) is 10.7. The molecule has 3 N–H and O–H groups in total. The van der Waals surface area contributed by atoms with Gasteiger partial charge in [0.15, 0.2) is 0 Å². The number of carbonyl (C=O) groups excluding carboxylic acids is 3. The Bertz CT molecular complexity index is 976. The Kier molecular flexibility index (Phi) is 6.44. The smallest absolute Gasteiger partial charge is 0.255 e. The Morgan fingerprint density at radius 2 is 1.90 bits per heavy atom. The van der Waals surface area contributed by atoms with Gasteiger partial charge < -0.3 is 15.5 Å². The number of amides is 3. The summed E-state index contributed by atoms with van der Waals surface area (Å²) in [5.74, 6) is -0.781. The van der Waals surface area contributed by atoms with E-state index >= 15 is 0 Å². The zero-order chi connectivity index (χ0) is 21.8. The Labute approximate surface area is 182 Å². The maximum absolute atomic E-state index is 13.2. The third-order valence-electron chi connectivity index (χ3n) is 6.08. The molecule has 4 rings (SSSR count). The first kappa shape index (κ1) is 21.2. The summed E-state index contributed by atoms with van der Waals surface area (Å²) in [6.07, 6.45) is 1.55. The molecule has 0 bridgehead atoms. The van der Waals surface area contributed by atoms with Crippen LogP contribution in [0.3, 0.4) is 0 Å². The molecule has 2 aliphatic heterocycles. The average Bonchev–Trinajstić information content (AvgIpc) is 3.11. The van der Waals surface area contributed by atoms with E-state index in [4.69, 9.17) is 0 Å². The van der Waals surface area contributed by atoms with E-state index in [1.165, 1.54) is 5.56 Å². The number of hydrogen-bond acceptors (Lipinski definition) is 5. The number of fused-ring (bicyclic) bond motifs is 1. The lowest BCUT2D eigenvalue weighted by Crippen LogP contribution is -2.52. The molecular formula is C24H28N4O3. The molecule has 2 aliphatic rings. The minimum absolute atomic E-state index is 0.128. The number of rotatable bonds is 8. The van der Waals surface area contributed by atoms with Gasteiger partial charge in [0, 0.05) is 37.7 Å². The standard InChI is InChI=1S/C24H28N4O3/c1-25-19(12-16-6-3-2-4-7-16)14-26-13-17-8-5-9-18-15-28(24(31)22(17)18)20-10-11-21(29)27-23(20)30/h2-9,19-20,25-26H,10-15H2,1H3,(H,27,29,30). The second-order valence-corrected chi connectivity index (χ2v) is 8.16. The molecule has 2 unspecified atom stereocenters. The van der Waals surface area contributed by atoms with E-state index in [1.807, 2.05) is 43.4 Å². The zero-order valence-corrected chi connectivity index (χ0v) is 17.7. The molecule has 162 valence electrons. The Morgan fingerprint density at radius 1 is 1.10 bits per heavy atom. The molecule has 0 radical (unpaired) electrons. The number of nitrogens with zero attached hydrogens (tertiary/aromatic N) is 1. The van der Waals surface area contributed by atoms with Crippen LogP contribution < -0.4 is 16.0 Å². The molecule has 1 fully saturated rings. The minimum Gasteiger partial charge on any atom is -0.322 e. The molecule has 2 aromatic carbocycles. The topological polar surface area (TPSA) is 90.5 Å². The SMILES string of the molecule is CNC(CNCc1cccc2c1C(=O)N(C1CCC(=O)NC1=O)C2)Cc1ccccc1. The number of imide groups is 1. The van der Waals surface area contributed by atoms with E-state index in [-0.39, 0.29) is 30.2 Å². The van der Waals surface area contributed by atoms with Crippen molar-refractivity contribution in [2.45, 2.75) is 44.4 Å². The molecule has 7 heteroatoms. The Hall–Kier alpha value is -3.03. The molecule has 2 atom stereocenters. The molecule has 31 heavy (non-hydrogen) atoms. The summed E-state index contributed by atoms with van der Waals surface area (Å²) in [6.45, 7) is 1.74. The number of nitrogens with one attached hydrogen (secondary N) is 3. The van der Waals surface area contributed by atoms with E-state index in [0.29, 0.717) is 25.1 Å². The highest BCUT2D eigenvalue weighted by molar-refractivity contribution is 6.05. The van der Waals surface area contributed by atoms with Crippen LogP contribution in [0.4, 0.5) is 0 Å². The monoisotopic (exact) mass is 420 g/mol. The van der Waals surface area contributed by atoms with Crippen LogP contribution in [-0.4, -0.2) is 48.3 Å². The second-order valence-electron chi connectivity index (χ2n) is 8.16. The minimum atomic E-state index is -0.585. The number of piperidine rings is 1. The maximum Gasteiger partial charge on any atom is 0.255 e. The van der Waals surface area contributed by atoms with Crippen molar-refractivity contribution in [2.24, 2.45) is 0 Å². The summed E-state index contributed by atoms with van der Waals surface area (Å²) in [5.41, 5.74) is 3.83. The van der Waals surface area contributed by atoms with Gasteiger partial charge in [-0.1, -0.05) is 48.5 Å². The summed E-state index contributed by atoms with van der Waals surface area (Å²) in [7, 11) is 1.96. The van der Waals surface area contributed by atoms with Gasteiger partial charge in [-0.15, -0.1) is 0 Å². The van der Waals surface area contributed by atoms with Gasteiger partial charge in [0.05, 0.1) is 0 Å². The van der Waals surface area contributed by atoms with Crippen molar-refractivity contribution in [3.63, 3.8) is 0 Å². The highest BCUT2D eigenvalue weighted by Crippen LogP contribution is 2.29. The van der Waals surface area contributed by atoms with Crippen LogP contribution >= 0.6 is 0 Å². The normalized spacial score (nSPS) is 19.3. The van der Waals surface area contributed by atoms with Gasteiger partial charge in [0.1, 0.15) is 6.04 Å². The lowest BCUT2D eigenvalue weighted by Gasteiger charge is -2.29. The van der Waals surface area contributed by atoms with Crippen molar-refractivity contribution in [2.75, 3.05) is 13.6 Å². The molecule has 2 aromatic rings. The summed E-state index contributed by atoms with van der Waals surface area (Å²) < 4.78 is 0. The van der Waals surface area contributed by atoms with Crippen LogP contribution in [-0.2, 0) is 29.1 Å². The van der Waals surface area contributed by atoms with Gasteiger partial charge in [-0.05, 0) is 36.6 Å². The van der Waals surface area contributed by atoms with Crippen molar-refractivity contribution in [1.29, 1.82) is 0 Å². The van der Waals surface area contributed by atoms with Crippen LogP contribution in [0.25, 0.3) is 0 Å². The molecule has 0 saturated carbocycles. The number of carbonyl (C=O) groups is 3. The van der Waals surface area contributed by atoms with Crippen LogP contribution in [0.1, 0.15) is 39.9 Å². The van der Waals surface area contributed by atoms with Crippen LogP contribution in [0.15, 0.2) is 48.5 Å². The molecule has 1 saturated heterocycles. The maximum atomic E-state index is 13.2. The Morgan fingerprint density at radius 3 is 2.65 bits per heavy atom. The summed E-state index contributed by atoms with van der Waals surface area (Å²) in [6, 6.07) is 15.9. The Balaban J connectivity index is 1.40. The van der Waals surface area contributed by atoms with Gasteiger partial charge in [0.25, 0.3) is 5.91 Å². The lowest BCUT2D eigenvalue weighted by atomic mass is 10.0. The van der Waals surface area contributed by atoms with Gasteiger partial charge >= 0.3 is 0 Å². The van der Waals surface area contributed by atoms with E-state index in [1.54, 1.807) is 4.90 Å². The predicted octanol–water partition coefficient (Wildman–Crippen LogP) is 1.37. The second kappa shape index (κ2) is 9.41. The third-order valence-corrected chi connectivity index (χ3v) is 6.08. The quantitative estimate of drug-likeness (QED) is 0.561. The summed E-state index contributed by atoms with van der Waals surface area (Å²) >= 11 is 0. The molecule has 0 spiro atoms. The first-order chi connectivity index (χ1) is 15.1. The van der Waals surface area contributed by atoms with Crippen LogP contribution in [0, 0.1) is 0 Å². The molecule has 3 amide bonds. The van der Waals surface area contributed by atoms with Gasteiger partial charge in [0.2, 0.25) is 11.8 Å². The van der Waals surface area contributed by atoms with Gasteiger partial charge in [-0.2, -0.15) is 0 Å². The van der Waals surface area contributed by atoms with Crippen molar-refractivity contribution in [3.05, 3.63) is 70.8 Å². The zero-order valence-electron chi connectivity index (χ0n) is 17.7. The lowest BCUT2D eigenvalue weighted by molar-refractivity contribution is -0.136. The highest BCUT2D eigenvalue weighted by Gasteiger charge is 2.39. The summed E-state index contributed by atoms with van der Waals surface area (Å²) in [5, 5.41) is 9.17. The number of hydrogen-bond donors (Lipinski definition) is 3. The highest BCUT2D eigenvalue weighted by atomic mass is 16.2. The predicted molar refractivity (Wildman–Crippen MR) is 117 cm³/mol. The number of likely N-dealkylation sites (N-methyl/N-ethyl adjacent to an activating group) is 1. The van der Waals surface area contributed by atoms with E-state index < -0.39 is 6.04 Å². The number of benzene rings is 2. The first-order valence-corrected chi connectivity index (χ1v) is 10.7. The van der Waals surface area contributed by atoms with Crippen molar-refractivity contribution in [1.82, 2.24) is 20.9 Å². The molecule has 7 nitrogen and oxygen atoms in total. The third kappa shape index (κ3) is 4.68.